The normalized spacial score (nSPS) is 18.8. The number of rotatable bonds is 4. The lowest BCUT2D eigenvalue weighted by Gasteiger charge is -2.55. The van der Waals surface area contributed by atoms with Crippen molar-refractivity contribution < 1.29 is 10.2 Å². The van der Waals surface area contributed by atoms with Crippen LogP contribution in [0.15, 0.2) is 60.9 Å². The van der Waals surface area contributed by atoms with Gasteiger partial charge in [0.1, 0.15) is 5.60 Å². The van der Waals surface area contributed by atoms with E-state index in [0.29, 0.717) is 16.8 Å². The molecule has 1 aromatic carbocycles. The molecule has 2 atom stereocenters. The highest BCUT2D eigenvalue weighted by Crippen LogP contribution is 2.50. The van der Waals surface area contributed by atoms with Gasteiger partial charge >= 0.3 is 0 Å². The van der Waals surface area contributed by atoms with Gasteiger partial charge in [0, 0.05) is 47.7 Å². The molecular formula is C31H37N3O2. The zero-order valence-electron chi connectivity index (χ0n) is 22.4. The summed E-state index contributed by atoms with van der Waals surface area (Å²) in [7, 11) is 2.06. The Kier molecular flexibility index (Phi) is 6.59. The molecule has 188 valence electrons. The van der Waals surface area contributed by atoms with Gasteiger partial charge in [0.05, 0.1) is 5.69 Å². The molecule has 2 aromatic heterocycles. The molecule has 2 N–H and O–H groups in total. The van der Waals surface area contributed by atoms with E-state index in [1.165, 1.54) is 5.56 Å². The number of aromatic nitrogens is 2. The molecule has 1 saturated heterocycles. The molecule has 1 aliphatic heterocycles. The number of benzene rings is 1. The predicted octanol–water partition coefficient (Wildman–Crippen LogP) is 4.53. The van der Waals surface area contributed by atoms with E-state index in [-0.39, 0.29) is 5.41 Å². The van der Waals surface area contributed by atoms with Crippen LogP contribution in [0.1, 0.15) is 68.3 Å². The van der Waals surface area contributed by atoms with Crippen LogP contribution < -0.4 is 0 Å². The first kappa shape index (κ1) is 26.0. The van der Waals surface area contributed by atoms with E-state index in [0.717, 1.165) is 24.3 Å². The summed E-state index contributed by atoms with van der Waals surface area (Å²) in [4.78, 5) is 11.1. The van der Waals surface area contributed by atoms with Crippen molar-refractivity contribution in [1.82, 2.24) is 14.9 Å². The lowest BCUT2D eigenvalue weighted by molar-refractivity contribution is -0.127. The van der Waals surface area contributed by atoms with Gasteiger partial charge in [-0.25, -0.2) is 0 Å². The summed E-state index contributed by atoms with van der Waals surface area (Å²) in [5, 5.41) is 23.4. The van der Waals surface area contributed by atoms with E-state index >= 15 is 0 Å². The number of pyridine rings is 2. The van der Waals surface area contributed by atoms with Crippen LogP contribution in [0.2, 0.25) is 0 Å². The zero-order valence-corrected chi connectivity index (χ0v) is 22.4. The van der Waals surface area contributed by atoms with Gasteiger partial charge in [0.25, 0.3) is 0 Å². The van der Waals surface area contributed by atoms with Crippen LogP contribution in [0.3, 0.4) is 0 Å². The van der Waals surface area contributed by atoms with Crippen molar-refractivity contribution in [2.45, 2.75) is 58.2 Å². The van der Waals surface area contributed by atoms with Crippen LogP contribution in [0.25, 0.3) is 0 Å². The summed E-state index contributed by atoms with van der Waals surface area (Å²) in [6.45, 7) is 13.7. The standard InChI is InChI=1S/C31H37N3O2/c1-22-9-8-10-27(33-22)30(6,35)16-15-23-17-26(19-32-18-23)31(36,29(5)20-34(7)21-29)25-13-11-24(12-14-25)28(2,3)4/h8-14,17-19,35-36H,20-21H2,1-7H3. The third-order valence-electron chi connectivity index (χ3n) is 7.27. The first-order valence-electron chi connectivity index (χ1n) is 12.4. The van der Waals surface area contributed by atoms with Crippen LogP contribution in [0.4, 0.5) is 0 Å². The predicted molar refractivity (Wildman–Crippen MR) is 143 cm³/mol. The Morgan fingerprint density at radius 3 is 2.14 bits per heavy atom. The third kappa shape index (κ3) is 4.82. The quantitative estimate of drug-likeness (QED) is 0.534. The molecule has 0 radical (unpaired) electrons. The minimum atomic E-state index is -1.41. The van der Waals surface area contributed by atoms with Crippen molar-refractivity contribution in [3.05, 3.63) is 94.6 Å². The molecule has 3 heterocycles. The minimum absolute atomic E-state index is 0.0252. The second-order valence-electron chi connectivity index (χ2n) is 11.7. The van der Waals surface area contributed by atoms with Gasteiger partial charge in [-0.05, 0) is 55.6 Å². The highest BCUT2D eigenvalue weighted by Gasteiger charge is 2.55. The highest BCUT2D eigenvalue weighted by molar-refractivity contribution is 5.45. The zero-order chi connectivity index (χ0) is 26.4. The first-order valence-corrected chi connectivity index (χ1v) is 12.4. The Bertz CT molecular complexity index is 1310. The maximum absolute atomic E-state index is 12.4. The number of likely N-dealkylation sites (tertiary alicyclic amines) is 1. The molecule has 0 bridgehead atoms. The van der Waals surface area contributed by atoms with E-state index in [4.69, 9.17) is 0 Å². The minimum Gasteiger partial charge on any atom is -0.380 e. The third-order valence-corrected chi connectivity index (χ3v) is 7.27. The average Bonchev–Trinajstić information content (AvgIpc) is 2.81. The fraction of sp³-hybridized carbons (Fsp3) is 0.419. The Morgan fingerprint density at radius 1 is 0.917 bits per heavy atom. The second-order valence-corrected chi connectivity index (χ2v) is 11.7. The van der Waals surface area contributed by atoms with Crippen LogP contribution in [0, 0.1) is 24.2 Å². The largest absolute Gasteiger partial charge is 0.380 e. The number of hydrogen-bond acceptors (Lipinski definition) is 5. The molecule has 0 aliphatic carbocycles. The van der Waals surface area contributed by atoms with Gasteiger partial charge in [-0.3, -0.25) is 9.97 Å². The molecule has 4 rings (SSSR count). The van der Waals surface area contributed by atoms with Crippen LogP contribution in [-0.4, -0.2) is 45.2 Å². The van der Waals surface area contributed by atoms with E-state index < -0.39 is 16.6 Å². The monoisotopic (exact) mass is 483 g/mol. The van der Waals surface area contributed by atoms with E-state index in [1.807, 2.05) is 37.3 Å². The van der Waals surface area contributed by atoms with Crippen molar-refractivity contribution in [1.29, 1.82) is 0 Å². The van der Waals surface area contributed by atoms with E-state index in [1.54, 1.807) is 25.4 Å². The van der Waals surface area contributed by atoms with Gasteiger partial charge in [-0.2, -0.15) is 0 Å². The first-order chi connectivity index (χ1) is 16.7. The summed E-state index contributed by atoms with van der Waals surface area (Å²) >= 11 is 0. The van der Waals surface area contributed by atoms with Gasteiger partial charge in [-0.1, -0.05) is 69.9 Å². The number of aryl methyl sites for hydroxylation is 1. The van der Waals surface area contributed by atoms with E-state index in [9.17, 15) is 10.2 Å². The molecule has 36 heavy (non-hydrogen) atoms. The molecule has 5 heteroatoms. The van der Waals surface area contributed by atoms with Crippen molar-refractivity contribution in [2.75, 3.05) is 20.1 Å². The van der Waals surface area contributed by atoms with Crippen molar-refractivity contribution in [3.63, 3.8) is 0 Å². The smallest absolute Gasteiger partial charge is 0.165 e. The molecular weight excluding hydrogens is 446 g/mol. The Labute approximate surface area is 215 Å². The maximum atomic E-state index is 12.4. The van der Waals surface area contributed by atoms with Crippen molar-refractivity contribution >= 4 is 0 Å². The Morgan fingerprint density at radius 2 is 1.56 bits per heavy atom. The summed E-state index contributed by atoms with van der Waals surface area (Å²) in [5.41, 5.74) is 1.67. The Balaban J connectivity index is 1.76. The number of hydrogen-bond donors (Lipinski definition) is 2. The number of nitrogens with zero attached hydrogens (tertiary/aromatic N) is 3. The summed E-state index contributed by atoms with van der Waals surface area (Å²) in [6.07, 6.45) is 3.39. The summed E-state index contributed by atoms with van der Waals surface area (Å²) in [6, 6.07) is 15.7. The fourth-order valence-electron chi connectivity index (χ4n) is 5.23. The lowest BCUT2D eigenvalue weighted by atomic mass is 9.62. The molecule has 0 amide bonds. The van der Waals surface area contributed by atoms with Gasteiger partial charge in [0.15, 0.2) is 5.60 Å². The van der Waals surface area contributed by atoms with Crippen LogP contribution in [0.5, 0.6) is 0 Å². The van der Waals surface area contributed by atoms with E-state index in [2.05, 4.69) is 73.6 Å². The van der Waals surface area contributed by atoms with Gasteiger partial charge in [0.2, 0.25) is 0 Å². The second kappa shape index (κ2) is 9.12. The molecule has 0 spiro atoms. The van der Waals surface area contributed by atoms with Crippen molar-refractivity contribution in [2.24, 2.45) is 5.41 Å². The SMILES string of the molecule is Cc1cccc(C(C)(O)C#Cc2cncc(C(O)(c3ccc(C(C)(C)C)cc3)C3(C)CN(C)C3)c2)n1. The van der Waals surface area contributed by atoms with Crippen LogP contribution in [-0.2, 0) is 16.6 Å². The highest BCUT2D eigenvalue weighted by atomic mass is 16.3. The lowest BCUT2D eigenvalue weighted by Crippen LogP contribution is -2.63. The summed E-state index contributed by atoms with van der Waals surface area (Å²) < 4.78 is 0. The molecule has 1 fully saturated rings. The maximum Gasteiger partial charge on any atom is 0.165 e. The van der Waals surface area contributed by atoms with Crippen molar-refractivity contribution in [3.8, 4) is 11.8 Å². The molecule has 0 saturated carbocycles. The number of aliphatic hydroxyl groups is 2. The molecule has 1 aliphatic rings. The fourth-order valence-corrected chi connectivity index (χ4v) is 5.23. The summed E-state index contributed by atoms with van der Waals surface area (Å²) in [5.74, 6) is 6.02. The molecule has 2 unspecified atom stereocenters. The molecule has 3 aromatic rings. The Hall–Kier alpha value is -3.04. The topological polar surface area (TPSA) is 69.5 Å². The van der Waals surface area contributed by atoms with Gasteiger partial charge < -0.3 is 15.1 Å². The average molecular weight is 484 g/mol. The van der Waals surface area contributed by atoms with Gasteiger partial charge in [-0.15, -0.1) is 0 Å². The molecule has 5 nitrogen and oxygen atoms in total. The van der Waals surface area contributed by atoms with Crippen LogP contribution >= 0.6 is 0 Å².